The Bertz CT molecular complexity index is 1010. The van der Waals surface area contributed by atoms with Crippen molar-refractivity contribution in [3.63, 3.8) is 0 Å². The minimum absolute atomic E-state index is 0. The van der Waals surface area contributed by atoms with Gasteiger partial charge in [-0.1, -0.05) is 23.2 Å². The molecule has 3 aromatic rings. The quantitative estimate of drug-likeness (QED) is 0.472. The van der Waals surface area contributed by atoms with Gasteiger partial charge in [0.2, 0.25) is 0 Å². The molecule has 0 saturated heterocycles. The number of thiazole rings is 1. The molecule has 0 unspecified atom stereocenters. The molecule has 0 bridgehead atoms. The summed E-state index contributed by atoms with van der Waals surface area (Å²) in [5.74, 6) is -0.333. The van der Waals surface area contributed by atoms with Crippen molar-refractivity contribution in [2.75, 3.05) is 6.61 Å². The normalized spacial score (nSPS) is 11.2. The Hall–Kier alpha value is -1.79. The molecule has 0 fully saturated rings. The summed E-state index contributed by atoms with van der Waals surface area (Å²) < 4.78 is 6.95. The maximum Gasteiger partial charge on any atom is 0.338 e. The zero-order valence-electron chi connectivity index (χ0n) is 14.6. The predicted molar refractivity (Wildman–Crippen MR) is 114 cm³/mol. The lowest BCUT2D eigenvalue weighted by Gasteiger charge is -2.06. The van der Waals surface area contributed by atoms with Crippen molar-refractivity contribution in [2.45, 2.75) is 6.92 Å². The molecule has 2 aromatic carbocycles. The van der Waals surface area contributed by atoms with Gasteiger partial charge in [0.25, 0.3) is 0 Å². The van der Waals surface area contributed by atoms with Gasteiger partial charge in [-0.2, -0.15) is 0 Å². The van der Waals surface area contributed by atoms with Crippen molar-refractivity contribution >= 4 is 58.6 Å². The number of carbonyl (C=O) groups excluding carboxylic acids is 1. The fourth-order valence-electron chi connectivity index (χ4n) is 2.41. The molecule has 3 rings (SSSR count). The van der Waals surface area contributed by atoms with E-state index < -0.39 is 0 Å². The van der Waals surface area contributed by atoms with Gasteiger partial charge >= 0.3 is 5.97 Å². The third kappa shape index (κ3) is 4.93. The van der Waals surface area contributed by atoms with Crippen LogP contribution < -0.4 is 4.80 Å². The summed E-state index contributed by atoms with van der Waals surface area (Å²) in [5, 5.41) is 3.19. The molecule has 0 aliphatic carbocycles. The molecule has 0 aliphatic rings. The third-order valence-corrected chi connectivity index (χ3v) is 5.20. The first-order chi connectivity index (χ1) is 12.5. The smallest absolute Gasteiger partial charge is 0.338 e. The van der Waals surface area contributed by atoms with E-state index in [4.69, 9.17) is 27.9 Å². The van der Waals surface area contributed by atoms with Crippen LogP contribution in [0.25, 0.3) is 11.3 Å². The summed E-state index contributed by atoms with van der Waals surface area (Å²) in [6, 6.07) is 12.4. The number of rotatable bonds is 4. The Morgan fingerprint density at radius 1 is 1.19 bits per heavy atom. The Morgan fingerprint density at radius 2 is 1.89 bits per heavy atom. The summed E-state index contributed by atoms with van der Waals surface area (Å²) in [5.41, 5.74) is 3.12. The number of aromatic nitrogens is 1. The second kappa shape index (κ2) is 9.42. The first-order valence-corrected chi connectivity index (χ1v) is 9.55. The fraction of sp³-hybridized carbons (Fsp3) is 0.158. The van der Waals surface area contributed by atoms with E-state index in [9.17, 15) is 4.79 Å². The van der Waals surface area contributed by atoms with Gasteiger partial charge in [-0.15, -0.1) is 23.7 Å². The Balaban J connectivity index is 0.00000261. The highest BCUT2D eigenvalue weighted by atomic mass is 35.5. The van der Waals surface area contributed by atoms with Crippen LogP contribution in [0.2, 0.25) is 10.0 Å². The second-order valence-corrected chi connectivity index (χ2v) is 7.15. The van der Waals surface area contributed by atoms with Crippen molar-refractivity contribution in [3.05, 3.63) is 68.3 Å². The average Bonchev–Trinajstić information content (AvgIpc) is 2.96. The second-order valence-electron chi connectivity index (χ2n) is 5.47. The molecule has 4 nitrogen and oxygen atoms in total. The van der Waals surface area contributed by atoms with Gasteiger partial charge in [-0.3, -0.25) is 0 Å². The lowest BCUT2D eigenvalue weighted by Crippen LogP contribution is -2.11. The molecule has 8 heteroatoms. The zero-order valence-corrected chi connectivity index (χ0v) is 17.8. The highest BCUT2D eigenvalue weighted by Gasteiger charge is 2.10. The van der Waals surface area contributed by atoms with Crippen LogP contribution in [0.3, 0.4) is 0 Å². The minimum Gasteiger partial charge on any atom is -0.462 e. The monoisotopic (exact) mass is 442 g/mol. The topological polar surface area (TPSA) is 43.6 Å². The predicted octanol–water partition coefficient (Wildman–Crippen LogP) is 5.89. The van der Waals surface area contributed by atoms with Gasteiger partial charge in [-0.05, 0) is 49.4 Å². The van der Waals surface area contributed by atoms with E-state index in [1.165, 1.54) is 11.3 Å². The lowest BCUT2D eigenvalue weighted by molar-refractivity contribution is 0.0526. The SMILES string of the molecule is CCOC(=O)c1ccc(N=c2scc(-c3ccc(Cl)cc3Cl)n2C)cc1.Cl. The van der Waals surface area contributed by atoms with Gasteiger partial charge in [0.1, 0.15) is 0 Å². The summed E-state index contributed by atoms with van der Waals surface area (Å²) >= 11 is 13.8. The van der Waals surface area contributed by atoms with Crippen LogP contribution in [0.5, 0.6) is 0 Å². The molecule has 0 atom stereocenters. The van der Waals surface area contributed by atoms with E-state index in [0.717, 1.165) is 21.7 Å². The van der Waals surface area contributed by atoms with Crippen molar-refractivity contribution in [1.29, 1.82) is 0 Å². The van der Waals surface area contributed by atoms with Crippen LogP contribution >= 0.6 is 46.9 Å². The maximum atomic E-state index is 11.7. The molecular weight excluding hydrogens is 427 g/mol. The van der Waals surface area contributed by atoms with Crippen LogP contribution in [0.4, 0.5) is 5.69 Å². The standard InChI is InChI=1S/C19H16Cl2N2O2S.ClH/c1-3-25-18(24)12-4-7-14(8-5-12)22-19-23(2)17(11-26-19)15-9-6-13(20)10-16(15)21;/h4-11H,3H2,1-2H3;1H. The van der Waals surface area contributed by atoms with Crippen LogP contribution in [-0.2, 0) is 11.8 Å². The number of benzene rings is 2. The summed E-state index contributed by atoms with van der Waals surface area (Å²) in [6.45, 7) is 2.13. The molecule has 1 aromatic heterocycles. The van der Waals surface area contributed by atoms with Gasteiger partial charge in [0.05, 0.1) is 28.6 Å². The van der Waals surface area contributed by atoms with E-state index in [-0.39, 0.29) is 18.4 Å². The third-order valence-electron chi connectivity index (χ3n) is 3.73. The Kier molecular flexibility index (Phi) is 7.50. The van der Waals surface area contributed by atoms with E-state index >= 15 is 0 Å². The van der Waals surface area contributed by atoms with Crippen molar-refractivity contribution in [1.82, 2.24) is 4.57 Å². The molecule has 142 valence electrons. The van der Waals surface area contributed by atoms with Gasteiger partial charge in [0, 0.05) is 23.0 Å². The van der Waals surface area contributed by atoms with Crippen molar-refractivity contribution < 1.29 is 9.53 Å². The van der Waals surface area contributed by atoms with Crippen LogP contribution in [0.15, 0.2) is 52.8 Å². The maximum absolute atomic E-state index is 11.7. The lowest BCUT2D eigenvalue weighted by atomic mass is 10.2. The van der Waals surface area contributed by atoms with Crippen molar-refractivity contribution in [2.24, 2.45) is 12.0 Å². The molecule has 0 N–H and O–H groups in total. The number of carbonyl (C=O) groups is 1. The largest absolute Gasteiger partial charge is 0.462 e. The van der Waals surface area contributed by atoms with Gasteiger partial charge in [-0.25, -0.2) is 9.79 Å². The molecule has 27 heavy (non-hydrogen) atoms. The molecule has 0 radical (unpaired) electrons. The molecule has 0 aliphatic heterocycles. The number of hydrogen-bond donors (Lipinski definition) is 0. The Morgan fingerprint density at radius 3 is 2.52 bits per heavy atom. The highest BCUT2D eigenvalue weighted by Crippen LogP contribution is 2.30. The summed E-state index contributed by atoms with van der Waals surface area (Å²) in [6.07, 6.45) is 0. The number of halogens is 3. The minimum atomic E-state index is -0.333. The zero-order chi connectivity index (χ0) is 18.7. The summed E-state index contributed by atoms with van der Waals surface area (Å²) in [7, 11) is 1.93. The molecule has 0 spiro atoms. The molecular formula is C19H17Cl3N2O2S. The molecule has 0 amide bonds. The summed E-state index contributed by atoms with van der Waals surface area (Å²) in [4.78, 5) is 17.2. The fourth-order valence-corrected chi connectivity index (χ4v) is 3.83. The van der Waals surface area contributed by atoms with Gasteiger partial charge < -0.3 is 9.30 Å². The van der Waals surface area contributed by atoms with Crippen LogP contribution in [0.1, 0.15) is 17.3 Å². The molecule has 1 heterocycles. The Labute approximate surface area is 177 Å². The first-order valence-electron chi connectivity index (χ1n) is 7.91. The first kappa shape index (κ1) is 21.5. The van der Waals surface area contributed by atoms with E-state index in [1.54, 1.807) is 37.3 Å². The van der Waals surface area contributed by atoms with Crippen LogP contribution in [0, 0.1) is 0 Å². The van der Waals surface area contributed by atoms with Crippen LogP contribution in [-0.4, -0.2) is 17.1 Å². The van der Waals surface area contributed by atoms with E-state index in [1.807, 2.05) is 29.1 Å². The number of ether oxygens (including phenoxy) is 1. The van der Waals surface area contributed by atoms with Crippen molar-refractivity contribution in [3.8, 4) is 11.3 Å². The number of esters is 1. The van der Waals surface area contributed by atoms with E-state index in [0.29, 0.717) is 22.2 Å². The number of nitrogens with zero attached hydrogens (tertiary/aromatic N) is 2. The van der Waals surface area contributed by atoms with Gasteiger partial charge in [0.15, 0.2) is 4.80 Å². The number of hydrogen-bond acceptors (Lipinski definition) is 4. The van der Waals surface area contributed by atoms with E-state index in [2.05, 4.69) is 4.99 Å². The average molecular weight is 444 g/mol. The highest BCUT2D eigenvalue weighted by molar-refractivity contribution is 7.07. The molecule has 0 saturated carbocycles.